The van der Waals surface area contributed by atoms with Gasteiger partial charge >= 0.3 is 0 Å². The average Bonchev–Trinajstić information content (AvgIpc) is 2.31. The number of hydrogen-bond acceptors (Lipinski definition) is 1. The predicted molar refractivity (Wildman–Crippen MR) is 47.2 cm³/mol. The van der Waals surface area contributed by atoms with E-state index in [-0.39, 0.29) is 0 Å². The molecule has 1 aliphatic rings. The van der Waals surface area contributed by atoms with Gasteiger partial charge in [0.15, 0.2) is 0 Å². The summed E-state index contributed by atoms with van der Waals surface area (Å²) in [6.07, 6.45) is 6.26. The van der Waals surface area contributed by atoms with Gasteiger partial charge in [0.1, 0.15) is 12.4 Å². The van der Waals surface area contributed by atoms with Crippen LogP contribution < -0.4 is 0 Å². The summed E-state index contributed by atoms with van der Waals surface area (Å²) in [5.41, 5.74) is 1.12. The summed E-state index contributed by atoms with van der Waals surface area (Å²) in [6.45, 7) is 8.75. The van der Waals surface area contributed by atoms with E-state index < -0.39 is 0 Å². The first kappa shape index (κ1) is 8.12. The molecule has 0 aromatic rings. The van der Waals surface area contributed by atoms with Crippen molar-refractivity contribution in [3.05, 3.63) is 36.1 Å². The van der Waals surface area contributed by atoms with Crippen LogP contribution in [0.4, 0.5) is 0 Å². The zero-order valence-electron chi connectivity index (χ0n) is 7.13. The van der Waals surface area contributed by atoms with E-state index in [1.807, 2.05) is 6.08 Å². The van der Waals surface area contributed by atoms with Gasteiger partial charge in [0.25, 0.3) is 0 Å². The molecule has 0 saturated carbocycles. The Hall–Kier alpha value is -0.980. The van der Waals surface area contributed by atoms with Gasteiger partial charge < -0.3 is 4.74 Å². The van der Waals surface area contributed by atoms with E-state index >= 15 is 0 Å². The fraction of sp³-hybridized carbons (Fsp3) is 0.400. The highest BCUT2D eigenvalue weighted by molar-refractivity contribution is 5.37. The highest BCUT2D eigenvalue weighted by Crippen LogP contribution is 2.17. The molecule has 0 amide bonds. The molecule has 0 aromatic carbocycles. The normalized spacial score (nSPS) is 17.7. The summed E-state index contributed by atoms with van der Waals surface area (Å²) >= 11 is 0. The molecule has 0 spiro atoms. The lowest BCUT2D eigenvalue weighted by atomic mass is 10.1. The van der Waals surface area contributed by atoms with Crippen molar-refractivity contribution < 1.29 is 4.74 Å². The largest absolute Gasteiger partial charge is 0.490 e. The molecule has 0 unspecified atom stereocenters. The summed E-state index contributed by atoms with van der Waals surface area (Å²) in [5.74, 6) is 1.38. The highest BCUT2D eigenvalue weighted by atomic mass is 16.5. The van der Waals surface area contributed by atoms with Gasteiger partial charge in [-0.1, -0.05) is 32.6 Å². The van der Waals surface area contributed by atoms with Crippen molar-refractivity contribution in [2.75, 3.05) is 6.61 Å². The van der Waals surface area contributed by atoms with Crippen LogP contribution in [-0.2, 0) is 4.74 Å². The molecule has 0 fully saturated rings. The molecule has 1 rings (SSSR count). The molecular weight excluding hydrogens is 136 g/mol. The van der Waals surface area contributed by atoms with Crippen molar-refractivity contribution in [3.63, 3.8) is 0 Å². The minimum atomic E-state index is 0.587. The van der Waals surface area contributed by atoms with Crippen LogP contribution in [0.2, 0.25) is 0 Å². The molecule has 60 valence electrons. The number of ether oxygens (including phenoxy) is 1. The summed E-state index contributed by atoms with van der Waals surface area (Å²) in [7, 11) is 0. The minimum absolute atomic E-state index is 0.587. The van der Waals surface area contributed by atoms with Crippen molar-refractivity contribution in [3.8, 4) is 0 Å². The molecule has 1 heterocycles. The van der Waals surface area contributed by atoms with Crippen LogP contribution in [0.3, 0.4) is 0 Å². The van der Waals surface area contributed by atoms with E-state index in [1.165, 1.54) is 0 Å². The van der Waals surface area contributed by atoms with Crippen molar-refractivity contribution in [1.82, 2.24) is 0 Å². The molecule has 0 N–H and O–H groups in total. The maximum Gasteiger partial charge on any atom is 0.119 e. The average molecular weight is 150 g/mol. The molecule has 0 radical (unpaired) electrons. The maximum absolute atomic E-state index is 5.16. The SMILES string of the molecule is C=C1OCC=C1/C=C/C(C)C. The second kappa shape index (κ2) is 3.42. The predicted octanol–water partition coefficient (Wildman–Crippen LogP) is 2.67. The summed E-state index contributed by atoms with van der Waals surface area (Å²) in [5, 5.41) is 0. The van der Waals surface area contributed by atoms with E-state index in [4.69, 9.17) is 4.74 Å². The van der Waals surface area contributed by atoms with Crippen LogP contribution in [0.5, 0.6) is 0 Å². The van der Waals surface area contributed by atoms with E-state index in [0.29, 0.717) is 12.5 Å². The second-order valence-electron chi connectivity index (χ2n) is 3.00. The van der Waals surface area contributed by atoms with Gasteiger partial charge in [-0.05, 0) is 12.0 Å². The summed E-state index contributed by atoms with van der Waals surface area (Å²) in [6, 6.07) is 0. The Morgan fingerprint density at radius 3 is 2.82 bits per heavy atom. The molecule has 0 bridgehead atoms. The molecule has 11 heavy (non-hydrogen) atoms. The van der Waals surface area contributed by atoms with Gasteiger partial charge in [-0.2, -0.15) is 0 Å². The summed E-state index contributed by atoms with van der Waals surface area (Å²) < 4.78 is 5.16. The standard InChI is InChI=1S/C10H14O/c1-8(2)4-5-10-6-7-11-9(10)3/h4-6,8H,3,7H2,1-2H3/b5-4+. The van der Waals surface area contributed by atoms with Crippen molar-refractivity contribution in [2.45, 2.75) is 13.8 Å². The third kappa shape index (κ3) is 2.26. The Morgan fingerprint density at radius 2 is 2.36 bits per heavy atom. The Bertz CT molecular complexity index is 209. The maximum atomic E-state index is 5.16. The summed E-state index contributed by atoms with van der Waals surface area (Å²) in [4.78, 5) is 0. The van der Waals surface area contributed by atoms with E-state index in [9.17, 15) is 0 Å². The minimum Gasteiger partial charge on any atom is -0.490 e. The Kier molecular flexibility index (Phi) is 2.53. The van der Waals surface area contributed by atoms with Crippen LogP contribution in [-0.4, -0.2) is 6.61 Å². The van der Waals surface area contributed by atoms with Gasteiger partial charge in [0, 0.05) is 5.57 Å². The Balaban J connectivity index is 2.55. The van der Waals surface area contributed by atoms with Crippen molar-refractivity contribution in [1.29, 1.82) is 0 Å². The Labute approximate surface area is 68.1 Å². The van der Waals surface area contributed by atoms with Gasteiger partial charge in [-0.15, -0.1) is 0 Å². The third-order valence-corrected chi connectivity index (χ3v) is 1.54. The molecule has 0 aliphatic carbocycles. The first-order valence-corrected chi connectivity index (χ1v) is 3.90. The third-order valence-electron chi connectivity index (χ3n) is 1.54. The van der Waals surface area contributed by atoms with E-state index in [2.05, 4.69) is 32.6 Å². The number of allylic oxidation sites excluding steroid dienone is 2. The second-order valence-corrected chi connectivity index (χ2v) is 3.00. The molecule has 0 saturated heterocycles. The molecular formula is C10H14O. The van der Waals surface area contributed by atoms with Gasteiger partial charge in [-0.3, -0.25) is 0 Å². The highest BCUT2D eigenvalue weighted by Gasteiger charge is 2.05. The first-order valence-electron chi connectivity index (χ1n) is 3.90. The fourth-order valence-electron chi connectivity index (χ4n) is 0.886. The molecule has 1 aliphatic heterocycles. The molecule has 1 nitrogen and oxygen atoms in total. The quantitative estimate of drug-likeness (QED) is 0.588. The fourth-order valence-corrected chi connectivity index (χ4v) is 0.886. The monoisotopic (exact) mass is 150 g/mol. The van der Waals surface area contributed by atoms with Crippen LogP contribution >= 0.6 is 0 Å². The number of hydrogen-bond donors (Lipinski definition) is 0. The topological polar surface area (TPSA) is 9.23 Å². The lowest BCUT2D eigenvalue weighted by Crippen LogP contribution is -1.82. The van der Waals surface area contributed by atoms with Crippen molar-refractivity contribution >= 4 is 0 Å². The molecule has 0 atom stereocenters. The van der Waals surface area contributed by atoms with Crippen LogP contribution in [0.15, 0.2) is 36.1 Å². The van der Waals surface area contributed by atoms with Gasteiger partial charge in [-0.25, -0.2) is 0 Å². The molecule has 1 heteroatoms. The van der Waals surface area contributed by atoms with Crippen LogP contribution in [0.25, 0.3) is 0 Å². The van der Waals surface area contributed by atoms with Crippen molar-refractivity contribution in [2.24, 2.45) is 5.92 Å². The number of rotatable bonds is 2. The smallest absolute Gasteiger partial charge is 0.119 e. The lowest BCUT2D eigenvalue weighted by molar-refractivity contribution is 0.278. The van der Waals surface area contributed by atoms with E-state index in [1.54, 1.807) is 0 Å². The van der Waals surface area contributed by atoms with Gasteiger partial charge in [0.05, 0.1) is 0 Å². The Morgan fingerprint density at radius 1 is 1.64 bits per heavy atom. The first-order chi connectivity index (χ1) is 5.20. The lowest BCUT2D eigenvalue weighted by Gasteiger charge is -1.97. The zero-order valence-corrected chi connectivity index (χ0v) is 7.13. The van der Waals surface area contributed by atoms with Crippen LogP contribution in [0.1, 0.15) is 13.8 Å². The van der Waals surface area contributed by atoms with Gasteiger partial charge in [0.2, 0.25) is 0 Å². The molecule has 0 aromatic heterocycles. The van der Waals surface area contributed by atoms with Crippen LogP contribution in [0, 0.1) is 5.92 Å². The van der Waals surface area contributed by atoms with E-state index in [0.717, 1.165) is 11.3 Å². The zero-order chi connectivity index (χ0) is 8.27.